The molecule has 0 radical (unpaired) electrons. The van der Waals surface area contributed by atoms with Crippen molar-refractivity contribution in [1.29, 1.82) is 0 Å². The number of rotatable bonds is 7. The number of hydrogen-bond acceptors (Lipinski definition) is 2. The smallest absolute Gasteiger partial charge is 0.0860 e. The van der Waals surface area contributed by atoms with Crippen LogP contribution in [0.2, 0.25) is 0 Å². The fourth-order valence-corrected chi connectivity index (χ4v) is 2.19. The molecule has 0 bridgehead atoms. The van der Waals surface area contributed by atoms with Gasteiger partial charge in [-0.2, -0.15) is 0 Å². The standard InChI is InChI=1S/C13H24O2/c1-3-4-5-6-7-8-12(14)13-11(2)9-10-15-13/h3,11-14H,1,4-10H2,2H3. The molecule has 2 nitrogen and oxygen atoms in total. The highest BCUT2D eigenvalue weighted by Gasteiger charge is 2.30. The van der Waals surface area contributed by atoms with Crippen LogP contribution in [0.25, 0.3) is 0 Å². The molecule has 0 saturated carbocycles. The predicted molar refractivity (Wildman–Crippen MR) is 62.8 cm³/mol. The van der Waals surface area contributed by atoms with Gasteiger partial charge in [0.2, 0.25) is 0 Å². The normalized spacial score (nSPS) is 27.9. The Morgan fingerprint density at radius 3 is 2.87 bits per heavy atom. The summed E-state index contributed by atoms with van der Waals surface area (Å²) in [6.07, 6.45) is 8.33. The molecule has 1 fully saturated rings. The Hall–Kier alpha value is -0.340. The van der Waals surface area contributed by atoms with Crippen LogP contribution in [0.15, 0.2) is 12.7 Å². The van der Waals surface area contributed by atoms with Gasteiger partial charge in [-0.25, -0.2) is 0 Å². The highest BCUT2D eigenvalue weighted by Crippen LogP contribution is 2.25. The zero-order chi connectivity index (χ0) is 11.1. The molecule has 1 heterocycles. The maximum absolute atomic E-state index is 9.93. The van der Waals surface area contributed by atoms with Gasteiger partial charge in [-0.15, -0.1) is 6.58 Å². The maximum Gasteiger partial charge on any atom is 0.0860 e. The second-order valence-corrected chi connectivity index (χ2v) is 4.60. The van der Waals surface area contributed by atoms with Crippen LogP contribution in [0.3, 0.4) is 0 Å². The molecule has 1 N–H and O–H groups in total. The number of unbranched alkanes of at least 4 members (excludes halogenated alkanes) is 3. The molecule has 2 heteroatoms. The van der Waals surface area contributed by atoms with E-state index in [1.165, 1.54) is 12.8 Å². The van der Waals surface area contributed by atoms with Crippen molar-refractivity contribution in [2.24, 2.45) is 5.92 Å². The zero-order valence-corrected chi connectivity index (χ0v) is 9.82. The van der Waals surface area contributed by atoms with Gasteiger partial charge < -0.3 is 9.84 Å². The Morgan fingerprint density at radius 2 is 2.27 bits per heavy atom. The first-order valence-corrected chi connectivity index (χ1v) is 6.16. The van der Waals surface area contributed by atoms with Crippen LogP contribution in [-0.4, -0.2) is 23.9 Å². The van der Waals surface area contributed by atoms with Crippen molar-refractivity contribution in [3.8, 4) is 0 Å². The summed E-state index contributed by atoms with van der Waals surface area (Å²) in [4.78, 5) is 0. The lowest BCUT2D eigenvalue weighted by atomic mass is 9.96. The van der Waals surface area contributed by atoms with Gasteiger partial charge in [0.25, 0.3) is 0 Å². The molecule has 3 unspecified atom stereocenters. The largest absolute Gasteiger partial charge is 0.390 e. The molecular formula is C13H24O2. The molecule has 0 aliphatic carbocycles. The lowest BCUT2D eigenvalue weighted by Crippen LogP contribution is -2.29. The van der Waals surface area contributed by atoms with Gasteiger partial charge >= 0.3 is 0 Å². The topological polar surface area (TPSA) is 29.5 Å². The highest BCUT2D eigenvalue weighted by atomic mass is 16.5. The van der Waals surface area contributed by atoms with Gasteiger partial charge in [0.15, 0.2) is 0 Å². The summed E-state index contributed by atoms with van der Waals surface area (Å²) in [6, 6.07) is 0. The van der Waals surface area contributed by atoms with E-state index in [0.717, 1.165) is 32.3 Å². The molecule has 1 aliphatic rings. The summed E-state index contributed by atoms with van der Waals surface area (Å²) >= 11 is 0. The Bertz CT molecular complexity index is 179. The van der Waals surface area contributed by atoms with E-state index in [4.69, 9.17) is 4.74 Å². The quantitative estimate of drug-likeness (QED) is 0.519. The Balaban J connectivity index is 2.07. The second-order valence-electron chi connectivity index (χ2n) is 4.60. The van der Waals surface area contributed by atoms with E-state index in [-0.39, 0.29) is 12.2 Å². The van der Waals surface area contributed by atoms with Crippen LogP contribution in [-0.2, 0) is 4.74 Å². The van der Waals surface area contributed by atoms with Crippen molar-refractivity contribution >= 4 is 0 Å². The van der Waals surface area contributed by atoms with Crippen LogP contribution in [0.5, 0.6) is 0 Å². The van der Waals surface area contributed by atoms with Crippen LogP contribution in [0, 0.1) is 5.92 Å². The van der Waals surface area contributed by atoms with Crippen molar-refractivity contribution < 1.29 is 9.84 Å². The van der Waals surface area contributed by atoms with Gasteiger partial charge in [-0.3, -0.25) is 0 Å². The third-order valence-corrected chi connectivity index (χ3v) is 3.23. The Morgan fingerprint density at radius 1 is 1.47 bits per heavy atom. The molecule has 88 valence electrons. The summed E-state index contributed by atoms with van der Waals surface area (Å²) in [5.41, 5.74) is 0. The minimum atomic E-state index is -0.258. The van der Waals surface area contributed by atoms with Crippen LogP contribution >= 0.6 is 0 Å². The van der Waals surface area contributed by atoms with E-state index in [1.807, 2.05) is 6.08 Å². The molecule has 3 atom stereocenters. The van der Waals surface area contributed by atoms with Crippen molar-refractivity contribution in [1.82, 2.24) is 0 Å². The maximum atomic E-state index is 9.93. The molecule has 0 spiro atoms. The van der Waals surface area contributed by atoms with E-state index in [0.29, 0.717) is 5.92 Å². The third kappa shape index (κ3) is 4.35. The zero-order valence-electron chi connectivity index (χ0n) is 9.82. The van der Waals surface area contributed by atoms with Crippen molar-refractivity contribution in [3.05, 3.63) is 12.7 Å². The van der Waals surface area contributed by atoms with Crippen molar-refractivity contribution in [3.63, 3.8) is 0 Å². The summed E-state index contributed by atoms with van der Waals surface area (Å²) in [7, 11) is 0. The minimum Gasteiger partial charge on any atom is -0.390 e. The van der Waals surface area contributed by atoms with E-state index in [1.54, 1.807) is 0 Å². The number of hydrogen-bond donors (Lipinski definition) is 1. The van der Waals surface area contributed by atoms with Crippen LogP contribution in [0.4, 0.5) is 0 Å². The SMILES string of the molecule is C=CCCCCCC(O)C1OCCC1C. The van der Waals surface area contributed by atoms with E-state index in [9.17, 15) is 5.11 Å². The van der Waals surface area contributed by atoms with E-state index >= 15 is 0 Å². The molecule has 15 heavy (non-hydrogen) atoms. The van der Waals surface area contributed by atoms with Crippen LogP contribution < -0.4 is 0 Å². The van der Waals surface area contributed by atoms with Gasteiger partial charge in [0.1, 0.15) is 0 Å². The fraction of sp³-hybridized carbons (Fsp3) is 0.846. The number of aliphatic hydroxyl groups is 1. The van der Waals surface area contributed by atoms with Crippen molar-refractivity contribution in [2.75, 3.05) is 6.61 Å². The molecule has 1 saturated heterocycles. The molecule has 0 aromatic carbocycles. The third-order valence-electron chi connectivity index (χ3n) is 3.23. The van der Waals surface area contributed by atoms with Gasteiger partial charge in [0.05, 0.1) is 12.2 Å². The molecular weight excluding hydrogens is 188 g/mol. The number of ether oxygens (including phenoxy) is 1. The van der Waals surface area contributed by atoms with Crippen molar-refractivity contribution in [2.45, 2.75) is 57.7 Å². The van der Waals surface area contributed by atoms with E-state index in [2.05, 4.69) is 13.5 Å². The average Bonchev–Trinajstić information content (AvgIpc) is 2.64. The molecule has 1 rings (SSSR count). The van der Waals surface area contributed by atoms with Gasteiger partial charge in [-0.1, -0.05) is 25.8 Å². The minimum absolute atomic E-state index is 0.0874. The summed E-state index contributed by atoms with van der Waals surface area (Å²) in [5, 5.41) is 9.93. The predicted octanol–water partition coefficient (Wildman–Crippen LogP) is 2.91. The number of allylic oxidation sites excluding steroid dienone is 1. The Kier molecular flexibility index (Phi) is 5.96. The monoisotopic (exact) mass is 212 g/mol. The first-order valence-electron chi connectivity index (χ1n) is 6.16. The molecule has 1 aliphatic heterocycles. The first-order chi connectivity index (χ1) is 7.25. The summed E-state index contributed by atoms with van der Waals surface area (Å²) < 4.78 is 5.54. The second kappa shape index (κ2) is 7.02. The molecule has 0 aromatic heterocycles. The highest BCUT2D eigenvalue weighted by molar-refractivity contribution is 4.79. The lowest BCUT2D eigenvalue weighted by molar-refractivity contribution is -0.0210. The average molecular weight is 212 g/mol. The van der Waals surface area contributed by atoms with Gasteiger partial charge in [0, 0.05) is 6.61 Å². The molecule has 0 aromatic rings. The molecule has 0 amide bonds. The first kappa shape index (κ1) is 12.7. The van der Waals surface area contributed by atoms with Gasteiger partial charge in [-0.05, 0) is 31.6 Å². The van der Waals surface area contributed by atoms with E-state index < -0.39 is 0 Å². The number of aliphatic hydroxyl groups excluding tert-OH is 1. The van der Waals surface area contributed by atoms with Crippen LogP contribution in [0.1, 0.15) is 45.4 Å². The summed E-state index contributed by atoms with van der Waals surface area (Å²) in [6.45, 7) is 6.68. The Labute approximate surface area is 93.3 Å². The summed E-state index contributed by atoms with van der Waals surface area (Å²) in [5.74, 6) is 0.521. The fourth-order valence-electron chi connectivity index (χ4n) is 2.19. The lowest BCUT2D eigenvalue weighted by Gasteiger charge is -2.21.